The van der Waals surface area contributed by atoms with Gasteiger partial charge in [0.15, 0.2) is 0 Å². The summed E-state index contributed by atoms with van der Waals surface area (Å²) in [5, 5.41) is 0. The van der Waals surface area contributed by atoms with E-state index in [2.05, 4.69) is 0 Å². The van der Waals surface area contributed by atoms with Crippen LogP contribution in [0.3, 0.4) is 0 Å². The van der Waals surface area contributed by atoms with E-state index in [1.165, 1.54) is 0 Å². The van der Waals surface area contributed by atoms with Crippen molar-refractivity contribution in [2.45, 2.75) is 0 Å². The van der Waals surface area contributed by atoms with Crippen molar-refractivity contribution in [2.24, 2.45) is 0 Å². The van der Waals surface area contributed by atoms with Crippen LogP contribution >= 0.6 is 0 Å². The van der Waals surface area contributed by atoms with E-state index >= 15 is 0 Å². The molecule has 0 aromatic rings. The van der Waals surface area contributed by atoms with Crippen LogP contribution in [0.25, 0.3) is 0 Å². The van der Waals surface area contributed by atoms with Crippen LogP contribution in [-0.4, -0.2) is 0 Å². The second kappa shape index (κ2) is 19.1. The molecule has 0 nitrogen and oxygen atoms in total. The van der Waals surface area contributed by atoms with Gasteiger partial charge in [-0.15, -0.1) is 0 Å². The van der Waals surface area contributed by atoms with Crippen molar-refractivity contribution >= 4 is 0 Å². The van der Waals surface area contributed by atoms with E-state index in [4.69, 9.17) is 0 Å². The summed E-state index contributed by atoms with van der Waals surface area (Å²) in [6.07, 6.45) is 0. The Morgan fingerprint density at radius 1 is 1.00 bits per heavy atom. The molecule has 37 valence electrons. The van der Waals surface area contributed by atoms with Crippen LogP contribution in [0.5, 0.6) is 0 Å². The van der Waals surface area contributed by atoms with E-state index < -0.39 is 0 Å². The third kappa shape index (κ3) is 8.90. The van der Waals surface area contributed by atoms with Crippen LogP contribution in [0.2, 0.25) is 0 Å². The third-order valence-corrected chi connectivity index (χ3v) is 0. The maximum absolute atomic E-state index is 0. The second-order valence-corrected chi connectivity index (χ2v) is 0. The van der Waals surface area contributed by atoms with Gasteiger partial charge in [-0.2, -0.15) is 0 Å². The maximum Gasteiger partial charge on any atom is 0 e. The Balaban J connectivity index is 0. The summed E-state index contributed by atoms with van der Waals surface area (Å²) in [4.78, 5) is 0. The van der Waals surface area contributed by atoms with Gasteiger partial charge in [-0.05, 0) is 0 Å². The Hall–Kier alpha value is 2.17. The van der Waals surface area contributed by atoms with Gasteiger partial charge in [0.1, 0.15) is 0 Å². The van der Waals surface area contributed by atoms with Gasteiger partial charge >= 0.3 is 0 Å². The predicted octanol–water partition coefficient (Wildman–Crippen LogP) is -0.0100. The van der Waals surface area contributed by atoms with E-state index in [0.717, 1.165) is 0 Å². The van der Waals surface area contributed by atoms with Crippen LogP contribution in [-0.2, 0) is 70.4 Å². The maximum atomic E-state index is 0. The molecule has 0 bridgehead atoms. The average molecular weight is 281 g/mol. The minimum absolute atomic E-state index is 0. The van der Waals surface area contributed by atoms with Gasteiger partial charge in [-0.3, -0.25) is 0 Å². The molecule has 0 aliphatic rings. The van der Waals surface area contributed by atoms with E-state index in [0.29, 0.717) is 0 Å². The molecular formula is CoCuFeRh. The molecule has 0 N–H and O–H groups in total. The Morgan fingerprint density at radius 3 is 1.00 bits per heavy atom. The van der Waals surface area contributed by atoms with Gasteiger partial charge in [0.05, 0.1) is 0 Å². The smallest absolute Gasteiger partial charge is 0 e. The predicted molar refractivity (Wildman–Crippen MR) is 0 cm³/mol. The largest absolute Gasteiger partial charge is 0 e. The molecule has 3 radical (unpaired) electrons. The Morgan fingerprint density at radius 2 is 1.00 bits per heavy atom. The molecule has 0 aromatic carbocycles. The third-order valence-electron chi connectivity index (χ3n) is 0. The Labute approximate surface area is 69.8 Å². The zero-order valence-electron chi connectivity index (χ0n) is 1.32. The van der Waals surface area contributed by atoms with E-state index in [9.17, 15) is 0 Å². The minimum Gasteiger partial charge on any atom is 0 e. The summed E-state index contributed by atoms with van der Waals surface area (Å²) in [6.45, 7) is 0. The van der Waals surface area contributed by atoms with Gasteiger partial charge in [-0.25, -0.2) is 0 Å². The molecule has 0 atom stereocenters. The van der Waals surface area contributed by atoms with E-state index in [1.807, 2.05) is 0 Å². The Bertz CT molecular complexity index is 8.00. The molecule has 0 rings (SSSR count). The van der Waals surface area contributed by atoms with Crippen LogP contribution in [0.4, 0.5) is 0 Å². The summed E-state index contributed by atoms with van der Waals surface area (Å²) in [7, 11) is 0. The number of hydrogen-bond acceptors (Lipinski definition) is 0. The molecule has 0 aliphatic carbocycles. The summed E-state index contributed by atoms with van der Waals surface area (Å²) < 4.78 is 0. The van der Waals surface area contributed by atoms with Gasteiger partial charge in [-0.1, -0.05) is 0 Å². The van der Waals surface area contributed by atoms with Crippen molar-refractivity contribution in [2.75, 3.05) is 0 Å². The molecular weight excluding hydrogens is 281 g/mol. The SMILES string of the molecule is [Co].[Cu].[Fe].[Rh]. The molecule has 0 heterocycles. The average Bonchev–Trinajstić information content (AvgIpc) is 0. The second-order valence-electron chi connectivity index (χ2n) is 0. The fourth-order valence-electron chi connectivity index (χ4n) is 0. The van der Waals surface area contributed by atoms with Crippen LogP contribution in [0.1, 0.15) is 0 Å². The van der Waals surface area contributed by atoms with Crippen molar-refractivity contribution in [3.05, 3.63) is 0 Å². The molecule has 0 unspecified atom stereocenters. The molecule has 0 aromatic heterocycles. The van der Waals surface area contributed by atoms with Gasteiger partial charge in [0.2, 0.25) is 0 Å². The normalized spacial score (nSPS) is 0. The van der Waals surface area contributed by atoms with E-state index in [1.54, 1.807) is 0 Å². The van der Waals surface area contributed by atoms with Crippen molar-refractivity contribution in [1.82, 2.24) is 0 Å². The van der Waals surface area contributed by atoms with Gasteiger partial charge in [0, 0.05) is 70.4 Å². The molecule has 0 saturated heterocycles. The monoisotopic (exact) mass is 281 g/mol. The first-order valence-corrected chi connectivity index (χ1v) is 0. The van der Waals surface area contributed by atoms with Gasteiger partial charge < -0.3 is 0 Å². The zero-order chi connectivity index (χ0) is 0. The topological polar surface area (TPSA) is 0 Å². The van der Waals surface area contributed by atoms with Crippen molar-refractivity contribution < 1.29 is 70.4 Å². The molecule has 0 saturated carbocycles. The molecule has 0 spiro atoms. The summed E-state index contributed by atoms with van der Waals surface area (Å²) in [5.74, 6) is 0. The number of rotatable bonds is 0. The van der Waals surface area contributed by atoms with Crippen molar-refractivity contribution in [3.63, 3.8) is 0 Å². The van der Waals surface area contributed by atoms with Crippen molar-refractivity contribution in [1.29, 1.82) is 0 Å². The standard InChI is InChI=1S/Co.Cu.Fe.Rh. The molecule has 4 heteroatoms. The molecule has 4 heavy (non-hydrogen) atoms. The summed E-state index contributed by atoms with van der Waals surface area (Å²) in [6, 6.07) is 0. The minimum atomic E-state index is 0. The summed E-state index contributed by atoms with van der Waals surface area (Å²) >= 11 is 0. The molecule has 0 aliphatic heterocycles. The Kier molecular flexibility index (Phi) is 167. The molecule has 0 fully saturated rings. The fraction of sp³-hybridized carbons (Fsp3) is 0. The number of hydrogen-bond donors (Lipinski definition) is 0. The van der Waals surface area contributed by atoms with Crippen LogP contribution in [0.15, 0.2) is 0 Å². The first-order chi connectivity index (χ1) is 0. The molecule has 0 amide bonds. The van der Waals surface area contributed by atoms with Gasteiger partial charge in [0.25, 0.3) is 0 Å². The first-order valence-electron chi connectivity index (χ1n) is 0. The van der Waals surface area contributed by atoms with Crippen LogP contribution in [0, 0.1) is 0 Å². The first kappa shape index (κ1) is 35.0. The quantitative estimate of drug-likeness (QED) is 0.548. The fourth-order valence-corrected chi connectivity index (χ4v) is 0. The summed E-state index contributed by atoms with van der Waals surface area (Å²) in [5.41, 5.74) is 0. The van der Waals surface area contributed by atoms with Crippen LogP contribution < -0.4 is 0 Å². The van der Waals surface area contributed by atoms with Crippen molar-refractivity contribution in [3.8, 4) is 0 Å². The van der Waals surface area contributed by atoms with E-state index in [-0.39, 0.29) is 70.4 Å². The zero-order valence-corrected chi connectivity index (χ0v) is 6.05.